The molecule has 32 heavy (non-hydrogen) atoms. The Morgan fingerprint density at radius 1 is 1.06 bits per heavy atom. The minimum atomic E-state index is -1.94. The molecule has 0 radical (unpaired) electrons. The Bertz CT molecular complexity index is 670. The molecule has 0 heterocycles. The molecule has 3 fully saturated rings. The molecule has 1 N–H and O–H groups in total. The second kappa shape index (κ2) is 9.43. The van der Waals surface area contributed by atoms with E-state index in [4.69, 9.17) is 9.16 Å². The van der Waals surface area contributed by atoms with Gasteiger partial charge in [-0.1, -0.05) is 48.5 Å². The largest absolute Gasteiger partial charge is 0.413 e. The zero-order valence-corrected chi connectivity index (χ0v) is 23.1. The fraction of sp³-hybridized carbons (Fsp3) is 0.963. The molecule has 2 bridgehead atoms. The normalized spacial score (nSPS) is 44.8. The van der Waals surface area contributed by atoms with Crippen LogP contribution in [0.25, 0.3) is 0 Å². The fourth-order valence-corrected chi connectivity index (χ4v) is 11.3. The predicted molar refractivity (Wildman–Crippen MR) is 133 cm³/mol. The molecule has 3 aliphatic carbocycles. The monoisotopic (exact) mass is 466 g/mol. The van der Waals surface area contributed by atoms with Crippen LogP contribution in [0.15, 0.2) is 0 Å². The van der Waals surface area contributed by atoms with Gasteiger partial charge in [0.15, 0.2) is 8.32 Å². The van der Waals surface area contributed by atoms with Crippen molar-refractivity contribution in [3.05, 3.63) is 0 Å². The van der Waals surface area contributed by atoms with Gasteiger partial charge in [0.05, 0.1) is 17.6 Å². The lowest BCUT2D eigenvalue weighted by atomic mass is 9.44. The van der Waals surface area contributed by atoms with E-state index in [2.05, 4.69) is 48.5 Å². The van der Waals surface area contributed by atoms with Crippen LogP contribution in [0.4, 0.5) is 0 Å². The lowest BCUT2D eigenvalue weighted by Gasteiger charge is -2.62. The molecule has 0 aromatic carbocycles. The number of carbonyl (C=O) groups excluding carboxylic acids is 1. The molecule has 3 rings (SSSR count). The number of rotatable bonds is 8. The second-order valence-corrected chi connectivity index (χ2v) is 16.7. The lowest BCUT2D eigenvalue weighted by Crippen LogP contribution is -2.62. The van der Waals surface area contributed by atoms with Crippen molar-refractivity contribution in [2.24, 2.45) is 34.0 Å². The summed E-state index contributed by atoms with van der Waals surface area (Å²) in [6.07, 6.45) is 5.96. The number of methoxy groups -OCH3 is 1. The molecule has 0 aromatic heterocycles. The first-order valence-electron chi connectivity index (χ1n) is 13.4. The molecule has 0 aliphatic heterocycles. The number of Topliss-reactive ketones (excluding diaryl/α,β-unsaturated/α-hetero) is 1. The van der Waals surface area contributed by atoms with E-state index in [1.807, 2.05) is 7.11 Å². The Labute approximate surface area is 198 Å². The van der Waals surface area contributed by atoms with E-state index in [1.165, 1.54) is 6.42 Å². The van der Waals surface area contributed by atoms with Crippen molar-refractivity contribution in [1.82, 2.24) is 0 Å². The van der Waals surface area contributed by atoms with Gasteiger partial charge in [0, 0.05) is 19.6 Å². The summed E-state index contributed by atoms with van der Waals surface area (Å²) < 4.78 is 13.4. The zero-order valence-electron chi connectivity index (χ0n) is 22.1. The van der Waals surface area contributed by atoms with E-state index in [1.54, 1.807) is 0 Å². The maximum atomic E-state index is 14.4. The molecule has 5 heteroatoms. The van der Waals surface area contributed by atoms with Gasteiger partial charge in [0.1, 0.15) is 5.78 Å². The lowest BCUT2D eigenvalue weighted by molar-refractivity contribution is -0.178. The highest BCUT2D eigenvalue weighted by Gasteiger charge is 2.67. The predicted octanol–water partition coefficient (Wildman–Crippen LogP) is 6.22. The Balaban J connectivity index is 2.19. The van der Waals surface area contributed by atoms with E-state index in [-0.39, 0.29) is 35.6 Å². The number of aliphatic hydroxyl groups excluding tert-OH is 1. The average molecular weight is 467 g/mol. The van der Waals surface area contributed by atoms with Crippen molar-refractivity contribution in [2.45, 2.75) is 117 Å². The molecule has 0 aromatic rings. The Morgan fingerprint density at radius 2 is 1.66 bits per heavy atom. The Hall–Kier alpha value is -0.233. The van der Waals surface area contributed by atoms with Gasteiger partial charge in [0.25, 0.3) is 0 Å². The van der Waals surface area contributed by atoms with Crippen LogP contribution >= 0.6 is 0 Å². The first-order valence-corrected chi connectivity index (χ1v) is 15.9. The minimum Gasteiger partial charge on any atom is -0.413 e. The summed E-state index contributed by atoms with van der Waals surface area (Å²) in [5.41, 5.74) is -0.538. The molecule has 0 unspecified atom stereocenters. The quantitative estimate of drug-likeness (QED) is 0.431. The summed E-state index contributed by atoms with van der Waals surface area (Å²) in [7, 11) is -0.0682. The number of ketones is 1. The second-order valence-electron chi connectivity index (χ2n) is 12.0. The van der Waals surface area contributed by atoms with Gasteiger partial charge in [-0.15, -0.1) is 0 Å². The number of carbonyl (C=O) groups is 1. The van der Waals surface area contributed by atoms with Crippen molar-refractivity contribution >= 4 is 14.1 Å². The number of hydrogen-bond acceptors (Lipinski definition) is 4. The van der Waals surface area contributed by atoms with E-state index in [0.717, 1.165) is 43.8 Å². The summed E-state index contributed by atoms with van der Waals surface area (Å²) in [6, 6.07) is 3.24. The highest BCUT2D eigenvalue weighted by atomic mass is 28.4. The van der Waals surface area contributed by atoms with Crippen molar-refractivity contribution in [3.63, 3.8) is 0 Å². The molecular formula is C27H50O4Si. The van der Waals surface area contributed by atoms with Crippen molar-refractivity contribution in [1.29, 1.82) is 0 Å². The Morgan fingerprint density at radius 3 is 2.19 bits per heavy atom. The summed E-state index contributed by atoms with van der Waals surface area (Å²) in [6.45, 7) is 16.1. The van der Waals surface area contributed by atoms with Crippen molar-refractivity contribution in [2.75, 3.05) is 13.7 Å². The average Bonchev–Trinajstić information content (AvgIpc) is 3.19. The molecule has 4 nitrogen and oxygen atoms in total. The van der Waals surface area contributed by atoms with Crippen molar-refractivity contribution in [3.8, 4) is 0 Å². The Kier molecular flexibility index (Phi) is 7.77. The molecule has 186 valence electrons. The number of hydrogen-bond donors (Lipinski definition) is 1. The fourth-order valence-electron chi connectivity index (χ4n) is 8.40. The zero-order chi connectivity index (χ0) is 23.9. The third kappa shape index (κ3) is 3.78. The van der Waals surface area contributed by atoms with E-state index in [9.17, 15) is 9.90 Å². The van der Waals surface area contributed by atoms with E-state index < -0.39 is 13.7 Å². The third-order valence-corrected chi connectivity index (χ3v) is 15.8. The molecule has 0 spiro atoms. The molecular weight excluding hydrogens is 416 g/mol. The number of ether oxygens (including phenoxy) is 1. The standard InChI is InChI=1S/C27H50O4Si/c1-9-32(10-2,11-3)31-22-18-26(7)19(4)12-14-27(15-13-21(30-8)23(26)27)20(5)24(29)25(22,6)16-17-28/h19-23,28H,9-18H2,1-8H3/t19-,20+,21-,22+,23+,25+,26-,27+/m1/s1. The van der Waals surface area contributed by atoms with Crippen LogP contribution in [0.5, 0.6) is 0 Å². The smallest absolute Gasteiger partial charge is 0.192 e. The maximum absolute atomic E-state index is 14.4. The van der Waals surface area contributed by atoms with Gasteiger partial charge < -0.3 is 14.3 Å². The van der Waals surface area contributed by atoms with Crippen LogP contribution in [0.3, 0.4) is 0 Å². The molecule has 8 atom stereocenters. The van der Waals surface area contributed by atoms with Crippen LogP contribution < -0.4 is 0 Å². The van der Waals surface area contributed by atoms with Crippen LogP contribution in [0.1, 0.15) is 87.0 Å². The third-order valence-electron chi connectivity index (χ3n) is 11.2. The van der Waals surface area contributed by atoms with Gasteiger partial charge in [0.2, 0.25) is 0 Å². The van der Waals surface area contributed by atoms with E-state index in [0.29, 0.717) is 24.0 Å². The maximum Gasteiger partial charge on any atom is 0.192 e. The topological polar surface area (TPSA) is 55.8 Å². The molecule has 3 aliphatic rings. The molecule has 3 saturated carbocycles. The van der Waals surface area contributed by atoms with Crippen LogP contribution in [-0.2, 0) is 14.0 Å². The van der Waals surface area contributed by atoms with Crippen LogP contribution in [-0.4, -0.2) is 45.1 Å². The first-order chi connectivity index (χ1) is 15.0. The summed E-state index contributed by atoms with van der Waals surface area (Å²) in [4.78, 5) is 14.4. The van der Waals surface area contributed by atoms with Gasteiger partial charge in [-0.2, -0.15) is 0 Å². The molecule has 0 saturated heterocycles. The summed E-state index contributed by atoms with van der Waals surface area (Å²) in [5.74, 6) is 1.28. The summed E-state index contributed by atoms with van der Waals surface area (Å²) >= 11 is 0. The number of aliphatic hydroxyl groups is 1. The van der Waals surface area contributed by atoms with Crippen LogP contribution in [0, 0.1) is 34.0 Å². The molecule has 0 amide bonds. The van der Waals surface area contributed by atoms with E-state index >= 15 is 0 Å². The highest BCUT2D eigenvalue weighted by Crippen LogP contribution is 2.68. The van der Waals surface area contributed by atoms with Gasteiger partial charge in [-0.25, -0.2) is 0 Å². The first kappa shape index (κ1) is 26.4. The van der Waals surface area contributed by atoms with Gasteiger partial charge >= 0.3 is 0 Å². The SMILES string of the molecule is CC[Si](CC)(CC)O[C@H]1C[C@]2(C)[C@H](C)CC[C@]3(CC[C@@H](OC)[C@@H]23)[C@@H](C)C(=O)[C@@]1(C)CCO. The van der Waals surface area contributed by atoms with Gasteiger partial charge in [-0.3, -0.25) is 4.79 Å². The van der Waals surface area contributed by atoms with Crippen molar-refractivity contribution < 1.29 is 19.1 Å². The highest BCUT2D eigenvalue weighted by molar-refractivity contribution is 6.73. The van der Waals surface area contributed by atoms with Gasteiger partial charge in [-0.05, 0) is 79.3 Å². The van der Waals surface area contributed by atoms with Crippen LogP contribution in [0.2, 0.25) is 18.1 Å². The minimum absolute atomic E-state index is 0.0233. The summed E-state index contributed by atoms with van der Waals surface area (Å²) in [5, 5.41) is 10.1.